The van der Waals surface area contributed by atoms with E-state index in [0.29, 0.717) is 10.2 Å². The zero-order valence-electron chi connectivity index (χ0n) is 5.70. The van der Waals surface area contributed by atoms with Crippen molar-refractivity contribution in [1.82, 2.24) is 7.76 Å². The van der Waals surface area contributed by atoms with Crippen LogP contribution in [0.25, 0.3) is 10.2 Å². The smallest absolute Gasteiger partial charge is 0.272 e. The first-order valence-corrected chi connectivity index (χ1v) is 4.93. The molecule has 2 aromatic heterocycles. The fourth-order valence-corrected chi connectivity index (χ4v) is 2.40. The number of halogens is 1. The summed E-state index contributed by atoms with van der Waals surface area (Å²) in [5.74, 6) is 0. The van der Waals surface area contributed by atoms with E-state index in [1.807, 2.05) is 22.9 Å². The van der Waals surface area contributed by atoms with Crippen LogP contribution in [0.1, 0.15) is 0 Å². The molecular weight excluding hydrogens is 291 g/mol. The van der Waals surface area contributed by atoms with Crippen molar-refractivity contribution in [2.24, 2.45) is 0 Å². The zero-order valence-corrected chi connectivity index (χ0v) is 8.68. The molecule has 0 aliphatic carbocycles. The third kappa shape index (κ3) is 1.02. The van der Waals surface area contributed by atoms with Gasteiger partial charge >= 0.3 is 5.69 Å². The number of nitrogens with one attached hydrogen (secondary N) is 1. The number of rotatable bonds is 0. The molecule has 0 atom stereocenters. The van der Waals surface area contributed by atoms with Gasteiger partial charge in [0, 0.05) is 0 Å². The number of aromatic amines is 1. The number of hydrogen-bond donors (Lipinski definition) is 1. The Labute approximate surface area is 84.3 Å². The van der Waals surface area contributed by atoms with Crippen LogP contribution in [0.4, 0.5) is 0 Å². The minimum atomic E-state index is -0.383. The Balaban J connectivity index is 3.18. The molecule has 4 nitrogen and oxygen atoms in total. The van der Waals surface area contributed by atoms with Crippen LogP contribution in [0.2, 0.25) is 0 Å². The summed E-state index contributed by atoms with van der Waals surface area (Å²) in [6.07, 6.45) is 0. The maximum Gasteiger partial charge on any atom is 0.337 e. The number of fused-ring (bicyclic) bond motifs is 1. The van der Waals surface area contributed by atoms with E-state index in [0.717, 1.165) is 0 Å². The standard InChI is InChI=1S/C6H3IN2O2S/c7-9-3-1-2-12-4(3)5(10)8-6(9)11/h1-2H,(H,8,10,11). The molecule has 0 fully saturated rings. The van der Waals surface area contributed by atoms with Crippen LogP contribution in [0, 0.1) is 0 Å². The minimum absolute atomic E-state index is 0.307. The van der Waals surface area contributed by atoms with Crippen molar-refractivity contribution >= 4 is 44.4 Å². The number of thiophene rings is 1. The molecule has 0 aromatic carbocycles. The summed E-state index contributed by atoms with van der Waals surface area (Å²) in [5.41, 5.74) is -0.0150. The molecule has 0 radical (unpaired) electrons. The van der Waals surface area contributed by atoms with Crippen molar-refractivity contribution in [3.8, 4) is 0 Å². The van der Waals surface area contributed by atoms with Gasteiger partial charge in [0.1, 0.15) is 4.70 Å². The SMILES string of the molecule is O=c1[nH]c(=O)n(I)c2ccsc12. The van der Waals surface area contributed by atoms with E-state index < -0.39 is 0 Å². The Bertz CT molecular complexity index is 538. The van der Waals surface area contributed by atoms with Crippen LogP contribution in [0.3, 0.4) is 0 Å². The molecule has 0 saturated carbocycles. The summed E-state index contributed by atoms with van der Waals surface area (Å²) in [4.78, 5) is 24.4. The molecule has 0 amide bonds. The second kappa shape index (κ2) is 2.70. The van der Waals surface area contributed by atoms with Gasteiger partial charge in [-0.1, -0.05) is 0 Å². The Morgan fingerprint density at radius 2 is 2.25 bits per heavy atom. The quantitative estimate of drug-likeness (QED) is 0.736. The predicted octanol–water partition coefficient (Wildman–Crippen LogP) is 0.949. The number of H-pyrrole nitrogens is 1. The van der Waals surface area contributed by atoms with Gasteiger partial charge in [-0.25, -0.2) is 7.58 Å². The van der Waals surface area contributed by atoms with E-state index in [4.69, 9.17) is 0 Å². The van der Waals surface area contributed by atoms with Crippen LogP contribution in [0.5, 0.6) is 0 Å². The summed E-state index contributed by atoms with van der Waals surface area (Å²) in [6.45, 7) is 0. The monoisotopic (exact) mass is 294 g/mol. The Morgan fingerprint density at radius 3 is 3.00 bits per heavy atom. The molecule has 6 heteroatoms. The molecule has 2 rings (SSSR count). The molecule has 2 aromatic rings. The van der Waals surface area contributed by atoms with E-state index >= 15 is 0 Å². The van der Waals surface area contributed by atoms with Gasteiger partial charge in [0.05, 0.1) is 28.4 Å². The molecular formula is C6H3IN2O2S. The van der Waals surface area contributed by atoms with E-state index in [2.05, 4.69) is 4.98 Å². The van der Waals surface area contributed by atoms with Crippen molar-refractivity contribution in [3.63, 3.8) is 0 Å². The van der Waals surface area contributed by atoms with Gasteiger partial charge in [-0.05, 0) is 11.4 Å². The molecule has 62 valence electrons. The lowest BCUT2D eigenvalue weighted by molar-refractivity contribution is 1.07. The first-order valence-electron chi connectivity index (χ1n) is 3.09. The van der Waals surface area contributed by atoms with Gasteiger partial charge in [0.2, 0.25) is 0 Å². The first kappa shape index (κ1) is 7.99. The molecule has 1 N–H and O–H groups in total. The lowest BCUT2D eigenvalue weighted by Crippen LogP contribution is -2.24. The second-order valence-corrected chi connectivity index (χ2v) is 4.06. The molecule has 0 unspecified atom stereocenters. The number of hydrogen-bond acceptors (Lipinski definition) is 3. The van der Waals surface area contributed by atoms with Crippen LogP contribution in [0.15, 0.2) is 21.0 Å². The summed E-state index contributed by atoms with van der Waals surface area (Å²) >= 11 is 3.19. The fourth-order valence-electron chi connectivity index (χ4n) is 0.939. The Morgan fingerprint density at radius 1 is 1.50 bits per heavy atom. The zero-order chi connectivity index (χ0) is 8.72. The fraction of sp³-hybridized carbons (Fsp3) is 0. The normalized spacial score (nSPS) is 10.8. The summed E-state index contributed by atoms with van der Waals surface area (Å²) in [6, 6.07) is 1.75. The molecule has 0 bridgehead atoms. The van der Waals surface area contributed by atoms with Crippen molar-refractivity contribution in [3.05, 3.63) is 32.3 Å². The lowest BCUT2D eigenvalue weighted by atomic mass is 10.5. The maximum atomic E-state index is 11.2. The molecule has 0 saturated heterocycles. The van der Waals surface area contributed by atoms with Gasteiger partial charge in [-0.2, -0.15) is 0 Å². The van der Waals surface area contributed by atoms with Crippen molar-refractivity contribution in [2.75, 3.05) is 0 Å². The second-order valence-electron chi connectivity index (χ2n) is 2.18. The van der Waals surface area contributed by atoms with Crippen molar-refractivity contribution in [1.29, 1.82) is 0 Å². The van der Waals surface area contributed by atoms with Gasteiger partial charge in [-0.15, -0.1) is 11.3 Å². The van der Waals surface area contributed by atoms with Crippen molar-refractivity contribution < 1.29 is 0 Å². The third-order valence-electron chi connectivity index (χ3n) is 1.46. The average Bonchev–Trinajstić information content (AvgIpc) is 2.48. The number of aromatic nitrogens is 2. The predicted molar refractivity (Wildman–Crippen MR) is 56.1 cm³/mol. The molecule has 0 spiro atoms. The first-order chi connectivity index (χ1) is 5.70. The van der Waals surface area contributed by atoms with Crippen LogP contribution >= 0.6 is 34.2 Å². The van der Waals surface area contributed by atoms with E-state index in [1.54, 1.807) is 11.4 Å². The largest absolute Gasteiger partial charge is 0.337 e. The Hall–Kier alpha value is -0.630. The lowest BCUT2D eigenvalue weighted by Gasteiger charge is -1.93. The van der Waals surface area contributed by atoms with E-state index in [1.165, 1.54) is 14.1 Å². The third-order valence-corrected chi connectivity index (χ3v) is 3.32. The highest BCUT2D eigenvalue weighted by molar-refractivity contribution is 14.1. The van der Waals surface area contributed by atoms with Gasteiger partial charge in [0.25, 0.3) is 5.56 Å². The van der Waals surface area contributed by atoms with Crippen LogP contribution in [-0.4, -0.2) is 7.76 Å². The highest BCUT2D eigenvalue weighted by Crippen LogP contribution is 2.15. The van der Waals surface area contributed by atoms with Crippen molar-refractivity contribution in [2.45, 2.75) is 0 Å². The molecule has 12 heavy (non-hydrogen) atoms. The van der Waals surface area contributed by atoms with Crippen LogP contribution in [-0.2, 0) is 0 Å². The maximum absolute atomic E-state index is 11.2. The molecule has 2 heterocycles. The summed E-state index contributed by atoms with van der Waals surface area (Å²) < 4.78 is 1.98. The highest BCUT2D eigenvalue weighted by Gasteiger charge is 2.04. The Kier molecular flexibility index (Phi) is 1.80. The average molecular weight is 294 g/mol. The minimum Gasteiger partial charge on any atom is -0.272 e. The summed E-state index contributed by atoms with van der Waals surface area (Å²) in [5, 5.41) is 1.79. The topological polar surface area (TPSA) is 54.9 Å². The van der Waals surface area contributed by atoms with Crippen LogP contribution < -0.4 is 11.2 Å². The van der Waals surface area contributed by atoms with E-state index in [-0.39, 0.29) is 11.2 Å². The highest BCUT2D eigenvalue weighted by atomic mass is 127. The van der Waals surface area contributed by atoms with Gasteiger partial charge < -0.3 is 0 Å². The molecule has 0 aliphatic rings. The summed E-state index contributed by atoms with van der Waals surface area (Å²) in [7, 11) is 0. The van der Waals surface area contributed by atoms with Gasteiger partial charge in [-0.3, -0.25) is 9.78 Å². The van der Waals surface area contributed by atoms with Gasteiger partial charge in [0.15, 0.2) is 0 Å². The molecule has 0 aliphatic heterocycles. The van der Waals surface area contributed by atoms with E-state index in [9.17, 15) is 9.59 Å². The number of nitrogens with zero attached hydrogens (tertiary/aromatic N) is 1.